The van der Waals surface area contributed by atoms with Crippen LogP contribution in [-0.2, 0) is 12.8 Å². The highest BCUT2D eigenvalue weighted by Gasteiger charge is 2.22. The molecule has 35 heavy (non-hydrogen) atoms. The monoisotopic (exact) mass is 491 g/mol. The van der Waals surface area contributed by atoms with Gasteiger partial charge in [-0.25, -0.2) is 4.68 Å². The lowest BCUT2D eigenvalue weighted by Gasteiger charge is -2.22. The SMILES string of the molecule is COc1ccc2c(c1)c(CCc1cc(=O)n(C3CCCCC3)[nH]1)c(C)n2C(=O)c1ccc(Cl)cc1. The minimum atomic E-state index is -0.0996. The second-order valence-corrected chi connectivity index (χ2v) is 9.81. The maximum atomic E-state index is 13.5. The molecular formula is C28H30ClN3O3. The molecule has 1 saturated carbocycles. The number of hydrogen-bond acceptors (Lipinski definition) is 3. The highest BCUT2D eigenvalue weighted by Crippen LogP contribution is 2.31. The molecule has 1 aliphatic carbocycles. The fourth-order valence-corrected chi connectivity index (χ4v) is 5.47. The maximum absolute atomic E-state index is 13.5. The molecule has 0 aliphatic heterocycles. The fourth-order valence-electron chi connectivity index (χ4n) is 5.35. The summed E-state index contributed by atoms with van der Waals surface area (Å²) in [6.45, 7) is 1.98. The van der Waals surface area contributed by atoms with Crippen LogP contribution < -0.4 is 10.3 Å². The predicted molar refractivity (Wildman–Crippen MR) is 139 cm³/mol. The van der Waals surface area contributed by atoms with Crippen molar-refractivity contribution >= 4 is 28.4 Å². The van der Waals surface area contributed by atoms with Crippen LogP contribution in [0, 0.1) is 6.92 Å². The summed E-state index contributed by atoms with van der Waals surface area (Å²) in [6.07, 6.45) is 7.09. The molecule has 1 aliphatic rings. The number of fused-ring (bicyclic) bond motifs is 1. The third-order valence-corrected chi connectivity index (χ3v) is 7.47. The molecule has 1 N–H and O–H groups in total. The van der Waals surface area contributed by atoms with Crippen molar-refractivity contribution in [2.24, 2.45) is 0 Å². The van der Waals surface area contributed by atoms with E-state index in [1.165, 1.54) is 19.3 Å². The third kappa shape index (κ3) is 4.55. The number of carbonyl (C=O) groups is 1. The van der Waals surface area contributed by atoms with E-state index >= 15 is 0 Å². The van der Waals surface area contributed by atoms with Gasteiger partial charge in [0.25, 0.3) is 11.5 Å². The van der Waals surface area contributed by atoms with E-state index < -0.39 is 0 Å². The summed E-state index contributed by atoms with van der Waals surface area (Å²) in [7, 11) is 1.64. The quantitative estimate of drug-likeness (QED) is 0.355. The van der Waals surface area contributed by atoms with Crippen molar-refractivity contribution in [2.45, 2.75) is 57.9 Å². The summed E-state index contributed by atoms with van der Waals surface area (Å²) in [4.78, 5) is 26.1. The molecule has 4 aromatic rings. The molecule has 0 amide bonds. The lowest BCUT2D eigenvalue weighted by Crippen LogP contribution is -2.23. The molecule has 0 atom stereocenters. The van der Waals surface area contributed by atoms with E-state index in [1.807, 2.05) is 29.8 Å². The summed E-state index contributed by atoms with van der Waals surface area (Å²) in [5, 5.41) is 4.94. The van der Waals surface area contributed by atoms with E-state index in [9.17, 15) is 9.59 Å². The van der Waals surface area contributed by atoms with Crippen LogP contribution in [0.5, 0.6) is 5.75 Å². The van der Waals surface area contributed by atoms with E-state index in [2.05, 4.69) is 5.10 Å². The number of rotatable bonds is 6. The third-order valence-electron chi connectivity index (χ3n) is 7.22. The molecule has 2 aromatic heterocycles. The summed E-state index contributed by atoms with van der Waals surface area (Å²) in [5.74, 6) is 0.643. The molecule has 0 saturated heterocycles. The molecule has 5 rings (SSSR count). The number of ether oxygens (including phenoxy) is 1. The predicted octanol–water partition coefficient (Wildman–Crippen LogP) is 6.08. The highest BCUT2D eigenvalue weighted by molar-refractivity contribution is 6.30. The summed E-state index contributed by atoms with van der Waals surface area (Å²) in [6, 6.07) is 14.7. The van der Waals surface area contributed by atoms with Crippen molar-refractivity contribution in [2.75, 3.05) is 7.11 Å². The van der Waals surface area contributed by atoms with Gasteiger partial charge in [-0.3, -0.25) is 19.3 Å². The second-order valence-electron chi connectivity index (χ2n) is 9.38. The zero-order chi connectivity index (χ0) is 24.5. The Morgan fingerprint density at radius 2 is 1.80 bits per heavy atom. The van der Waals surface area contributed by atoms with Crippen LogP contribution in [0.15, 0.2) is 53.3 Å². The number of hydrogen-bond donors (Lipinski definition) is 1. The van der Waals surface area contributed by atoms with Crippen molar-refractivity contribution in [1.29, 1.82) is 0 Å². The first kappa shape index (κ1) is 23.5. The second kappa shape index (κ2) is 9.78. The smallest absolute Gasteiger partial charge is 0.266 e. The summed E-state index contributed by atoms with van der Waals surface area (Å²) in [5.41, 5.74) is 4.35. The molecule has 0 bridgehead atoms. The van der Waals surface area contributed by atoms with Gasteiger partial charge in [0.15, 0.2) is 0 Å². The number of aryl methyl sites for hydroxylation is 2. The zero-order valence-corrected chi connectivity index (χ0v) is 20.9. The van der Waals surface area contributed by atoms with E-state index in [1.54, 1.807) is 42.0 Å². The summed E-state index contributed by atoms with van der Waals surface area (Å²) < 4.78 is 9.06. The van der Waals surface area contributed by atoms with Gasteiger partial charge in [-0.05, 0) is 80.6 Å². The number of aromatic nitrogens is 3. The minimum absolute atomic E-state index is 0.0469. The molecule has 1 fully saturated rings. The topological polar surface area (TPSA) is 69.0 Å². The van der Waals surface area contributed by atoms with Crippen molar-refractivity contribution < 1.29 is 9.53 Å². The van der Waals surface area contributed by atoms with Crippen LogP contribution in [0.2, 0.25) is 5.02 Å². The van der Waals surface area contributed by atoms with Crippen LogP contribution in [0.3, 0.4) is 0 Å². The molecule has 2 heterocycles. The molecular weight excluding hydrogens is 462 g/mol. The number of carbonyl (C=O) groups excluding carboxylic acids is 1. The van der Waals surface area contributed by atoms with Gasteiger partial charge in [0, 0.05) is 33.4 Å². The van der Waals surface area contributed by atoms with Crippen LogP contribution in [-0.4, -0.2) is 27.4 Å². The number of halogens is 1. The Kier molecular flexibility index (Phi) is 6.56. The van der Waals surface area contributed by atoms with E-state index in [0.717, 1.165) is 46.4 Å². The first-order chi connectivity index (χ1) is 17.0. The average molecular weight is 492 g/mol. The normalized spacial score (nSPS) is 14.5. The molecule has 6 nitrogen and oxygen atoms in total. The van der Waals surface area contributed by atoms with Gasteiger partial charge in [0.2, 0.25) is 0 Å². The number of benzene rings is 2. The van der Waals surface area contributed by atoms with Crippen LogP contribution >= 0.6 is 11.6 Å². The van der Waals surface area contributed by atoms with E-state index in [0.29, 0.717) is 23.4 Å². The van der Waals surface area contributed by atoms with Gasteiger partial charge in [0.1, 0.15) is 5.75 Å². The van der Waals surface area contributed by atoms with Gasteiger partial charge >= 0.3 is 0 Å². The van der Waals surface area contributed by atoms with Gasteiger partial charge < -0.3 is 4.74 Å². The van der Waals surface area contributed by atoms with E-state index in [-0.39, 0.29) is 17.5 Å². The van der Waals surface area contributed by atoms with Crippen molar-refractivity contribution in [3.05, 3.63) is 86.4 Å². The fraction of sp³-hybridized carbons (Fsp3) is 0.357. The molecule has 0 radical (unpaired) electrons. The van der Waals surface area contributed by atoms with Crippen LogP contribution in [0.25, 0.3) is 10.9 Å². The van der Waals surface area contributed by atoms with E-state index in [4.69, 9.17) is 16.3 Å². The minimum Gasteiger partial charge on any atom is -0.497 e. The number of methoxy groups -OCH3 is 1. The Morgan fingerprint density at radius 1 is 1.06 bits per heavy atom. The molecule has 0 spiro atoms. The van der Waals surface area contributed by atoms with Gasteiger partial charge in [-0.1, -0.05) is 30.9 Å². The Balaban J connectivity index is 1.49. The first-order valence-electron chi connectivity index (χ1n) is 12.2. The zero-order valence-electron chi connectivity index (χ0n) is 20.1. The first-order valence-corrected chi connectivity index (χ1v) is 12.6. The number of aromatic amines is 1. The Bertz CT molecular complexity index is 1420. The molecule has 7 heteroatoms. The molecule has 182 valence electrons. The van der Waals surface area contributed by atoms with Crippen LogP contribution in [0.4, 0.5) is 0 Å². The van der Waals surface area contributed by atoms with Crippen molar-refractivity contribution in [3.63, 3.8) is 0 Å². The van der Waals surface area contributed by atoms with Crippen molar-refractivity contribution in [1.82, 2.24) is 14.3 Å². The Hall–Kier alpha value is -3.25. The summed E-state index contributed by atoms with van der Waals surface area (Å²) >= 11 is 6.03. The average Bonchev–Trinajstić information content (AvgIpc) is 3.38. The van der Waals surface area contributed by atoms with Gasteiger partial charge in [0.05, 0.1) is 18.7 Å². The van der Waals surface area contributed by atoms with Crippen molar-refractivity contribution in [3.8, 4) is 5.75 Å². The van der Waals surface area contributed by atoms with Gasteiger partial charge in [-0.15, -0.1) is 0 Å². The Morgan fingerprint density at radius 3 is 2.51 bits per heavy atom. The standard InChI is InChI=1S/C28H30ClN3O3/c1-18-24(14-12-21-16-27(33)32(30-21)22-6-4-3-5-7-22)25-17-23(35-2)13-15-26(25)31(18)28(34)19-8-10-20(29)11-9-19/h8-11,13,15-17,22,30H,3-7,12,14H2,1-2H3. The number of H-pyrrole nitrogens is 1. The maximum Gasteiger partial charge on any atom is 0.266 e. The van der Waals surface area contributed by atoms with Gasteiger partial charge in [-0.2, -0.15) is 0 Å². The number of nitrogens with zero attached hydrogens (tertiary/aromatic N) is 2. The highest BCUT2D eigenvalue weighted by atomic mass is 35.5. The Labute approximate surface area is 209 Å². The molecule has 2 aromatic carbocycles. The lowest BCUT2D eigenvalue weighted by atomic mass is 9.96. The van der Waals surface area contributed by atoms with Crippen LogP contribution in [0.1, 0.15) is 65.5 Å². The largest absolute Gasteiger partial charge is 0.497 e. The lowest BCUT2D eigenvalue weighted by molar-refractivity contribution is 0.0963. The number of nitrogens with one attached hydrogen (secondary N) is 1. The molecule has 0 unspecified atom stereocenters.